The lowest BCUT2D eigenvalue weighted by Crippen LogP contribution is -2.43. The van der Waals surface area contributed by atoms with E-state index in [0.717, 1.165) is 6.04 Å². The van der Waals surface area contributed by atoms with Crippen molar-refractivity contribution in [3.63, 3.8) is 0 Å². The second-order valence-corrected chi connectivity index (χ2v) is 6.18. The number of aromatic nitrogens is 1. The van der Waals surface area contributed by atoms with Crippen LogP contribution in [0, 0.1) is 0 Å². The maximum atomic E-state index is 3.44. The summed E-state index contributed by atoms with van der Waals surface area (Å²) in [7, 11) is 0. The van der Waals surface area contributed by atoms with Gasteiger partial charge >= 0.3 is 0 Å². The third kappa shape index (κ3) is 1.35. The summed E-state index contributed by atoms with van der Waals surface area (Å²) in [5.74, 6) is 0. The third-order valence-electron chi connectivity index (χ3n) is 5.04. The highest BCUT2D eigenvalue weighted by molar-refractivity contribution is 5.98. The van der Waals surface area contributed by atoms with Crippen LogP contribution < -0.4 is 0 Å². The molecule has 1 unspecified atom stereocenters. The fraction of sp³-hybridized carbons (Fsp3) is 0.412. The average molecular weight is 250 g/mol. The van der Waals surface area contributed by atoms with E-state index in [9.17, 15) is 0 Å². The molecule has 1 fully saturated rings. The summed E-state index contributed by atoms with van der Waals surface area (Å²) >= 11 is 0. The van der Waals surface area contributed by atoms with Crippen LogP contribution in [-0.2, 0) is 6.42 Å². The van der Waals surface area contributed by atoms with Crippen molar-refractivity contribution in [3.05, 3.63) is 41.6 Å². The summed E-state index contributed by atoms with van der Waals surface area (Å²) in [6.45, 7) is 1.26. The normalized spacial score (nSPS) is 26.3. The van der Waals surface area contributed by atoms with Gasteiger partial charge in [-0.25, -0.2) is 0 Å². The molecule has 0 spiro atoms. The smallest absolute Gasteiger partial charge is 0.0462 e. The molecule has 1 atom stereocenters. The van der Waals surface area contributed by atoms with Crippen LogP contribution in [0.15, 0.2) is 30.5 Å². The molecular formula is C17H18N2. The van der Waals surface area contributed by atoms with E-state index >= 15 is 0 Å². The summed E-state index contributed by atoms with van der Waals surface area (Å²) in [5, 5.41) is 1.47. The lowest BCUT2D eigenvalue weighted by atomic mass is 9.81. The zero-order valence-electron chi connectivity index (χ0n) is 11.0. The van der Waals surface area contributed by atoms with Crippen molar-refractivity contribution in [3.8, 4) is 0 Å². The number of aromatic amines is 1. The van der Waals surface area contributed by atoms with Gasteiger partial charge in [-0.1, -0.05) is 18.2 Å². The Morgan fingerprint density at radius 2 is 2.16 bits per heavy atom. The first-order chi connectivity index (χ1) is 9.42. The van der Waals surface area contributed by atoms with E-state index in [1.807, 2.05) is 0 Å². The Balaban J connectivity index is 1.73. The lowest BCUT2D eigenvalue weighted by molar-refractivity contribution is 0.218. The van der Waals surface area contributed by atoms with Gasteiger partial charge in [0.05, 0.1) is 0 Å². The van der Waals surface area contributed by atoms with E-state index in [0.29, 0.717) is 6.04 Å². The summed E-state index contributed by atoms with van der Waals surface area (Å²) in [6.07, 6.45) is 9.96. The molecule has 1 saturated carbocycles. The molecule has 96 valence electrons. The van der Waals surface area contributed by atoms with E-state index < -0.39 is 0 Å². The van der Waals surface area contributed by atoms with Crippen molar-refractivity contribution in [2.24, 2.45) is 0 Å². The largest absolute Gasteiger partial charge is 0.361 e. The number of rotatable bonds is 1. The van der Waals surface area contributed by atoms with Gasteiger partial charge in [-0.15, -0.1) is 0 Å². The highest BCUT2D eigenvalue weighted by Gasteiger charge is 2.39. The lowest BCUT2D eigenvalue weighted by Gasteiger charge is -2.39. The monoisotopic (exact) mass is 250 g/mol. The number of H-pyrrole nitrogens is 1. The number of fused-ring (bicyclic) bond motifs is 2. The summed E-state index contributed by atoms with van der Waals surface area (Å²) in [6, 6.07) is 8.21. The molecule has 1 aromatic heterocycles. The van der Waals surface area contributed by atoms with Gasteiger partial charge in [0, 0.05) is 35.7 Å². The quantitative estimate of drug-likeness (QED) is 0.822. The van der Waals surface area contributed by atoms with Crippen LogP contribution >= 0.6 is 0 Å². The maximum Gasteiger partial charge on any atom is 0.0462 e. The predicted octanol–water partition coefficient (Wildman–Crippen LogP) is 3.34. The van der Waals surface area contributed by atoms with Crippen molar-refractivity contribution >= 4 is 16.5 Å². The van der Waals surface area contributed by atoms with E-state index in [1.165, 1.54) is 54.3 Å². The predicted molar refractivity (Wildman–Crippen MR) is 78.1 cm³/mol. The molecule has 0 bridgehead atoms. The molecule has 2 nitrogen and oxygen atoms in total. The molecule has 2 aromatic rings. The number of nitrogens with one attached hydrogen (secondary N) is 1. The minimum atomic E-state index is 0.634. The fourth-order valence-electron chi connectivity index (χ4n) is 4.06. The molecule has 2 heterocycles. The Bertz CT molecular complexity index is 690. The van der Waals surface area contributed by atoms with Gasteiger partial charge in [0.25, 0.3) is 0 Å². The fourth-order valence-corrected chi connectivity index (χ4v) is 4.06. The topological polar surface area (TPSA) is 19.0 Å². The van der Waals surface area contributed by atoms with Crippen LogP contribution in [0.4, 0.5) is 0 Å². The Labute approximate surface area is 113 Å². The molecule has 19 heavy (non-hydrogen) atoms. The third-order valence-corrected chi connectivity index (χ3v) is 5.04. The van der Waals surface area contributed by atoms with Crippen molar-refractivity contribution in [1.82, 2.24) is 9.88 Å². The maximum absolute atomic E-state index is 3.44. The Hall–Kier alpha value is -1.54. The highest BCUT2D eigenvalue weighted by atomic mass is 15.2. The molecule has 1 N–H and O–H groups in total. The minimum Gasteiger partial charge on any atom is -0.361 e. The molecule has 2 aliphatic carbocycles. The molecule has 3 aliphatic rings. The van der Waals surface area contributed by atoms with Crippen LogP contribution in [0.25, 0.3) is 16.5 Å². The Morgan fingerprint density at radius 3 is 3.05 bits per heavy atom. The van der Waals surface area contributed by atoms with Crippen LogP contribution in [0.3, 0.4) is 0 Å². The first-order valence-corrected chi connectivity index (χ1v) is 7.47. The van der Waals surface area contributed by atoms with Gasteiger partial charge in [-0.3, -0.25) is 4.90 Å². The number of nitrogens with zero attached hydrogens (tertiary/aromatic N) is 1. The molecule has 1 aliphatic heterocycles. The zero-order valence-corrected chi connectivity index (χ0v) is 11.0. The van der Waals surface area contributed by atoms with Crippen molar-refractivity contribution < 1.29 is 0 Å². The van der Waals surface area contributed by atoms with Crippen molar-refractivity contribution in [2.45, 2.75) is 37.8 Å². The number of benzene rings is 1. The van der Waals surface area contributed by atoms with Gasteiger partial charge in [-0.2, -0.15) is 0 Å². The number of hydrogen-bond acceptors (Lipinski definition) is 1. The molecule has 2 heteroatoms. The standard InChI is InChI=1S/C17H18N2/c1-3-14-13-4-2-8-19(12-6-7-12)16(13)9-11-10-18-15(5-1)17(11)14/h1,3-5,10,12,16,18H,2,6-9H2. The number of hydrogen-bond donors (Lipinski definition) is 1. The van der Waals surface area contributed by atoms with Gasteiger partial charge < -0.3 is 4.98 Å². The van der Waals surface area contributed by atoms with Crippen molar-refractivity contribution in [1.29, 1.82) is 0 Å². The molecule has 1 aromatic carbocycles. The van der Waals surface area contributed by atoms with Gasteiger partial charge in [0.2, 0.25) is 0 Å². The molecule has 5 rings (SSSR count). The summed E-state index contributed by atoms with van der Waals surface area (Å²) in [4.78, 5) is 6.21. The molecule has 0 amide bonds. The first kappa shape index (κ1) is 10.3. The van der Waals surface area contributed by atoms with E-state index in [-0.39, 0.29) is 0 Å². The van der Waals surface area contributed by atoms with Crippen LogP contribution in [0.2, 0.25) is 0 Å². The molecular weight excluding hydrogens is 232 g/mol. The van der Waals surface area contributed by atoms with Crippen LogP contribution in [0.5, 0.6) is 0 Å². The van der Waals surface area contributed by atoms with Gasteiger partial charge in [-0.05, 0) is 48.4 Å². The van der Waals surface area contributed by atoms with Crippen LogP contribution in [-0.4, -0.2) is 28.5 Å². The SMILES string of the molecule is C1=C2c3cccc4[nH]cc(c34)CC2N(C2CC2)CC1. The average Bonchev–Trinajstić information content (AvgIpc) is 3.22. The zero-order chi connectivity index (χ0) is 12.4. The summed E-state index contributed by atoms with van der Waals surface area (Å²) < 4.78 is 0. The minimum absolute atomic E-state index is 0.634. The van der Waals surface area contributed by atoms with E-state index in [4.69, 9.17) is 0 Å². The molecule has 0 radical (unpaired) electrons. The van der Waals surface area contributed by atoms with Gasteiger partial charge in [0.15, 0.2) is 0 Å². The van der Waals surface area contributed by atoms with Crippen molar-refractivity contribution in [2.75, 3.05) is 6.54 Å². The second kappa shape index (κ2) is 3.51. The second-order valence-electron chi connectivity index (χ2n) is 6.18. The van der Waals surface area contributed by atoms with E-state index in [2.05, 4.69) is 40.4 Å². The Morgan fingerprint density at radius 1 is 1.21 bits per heavy atom. The molecule has 0 saturated heterocycles. The summed E-state index contributed by atoms with van der Waals surface area (Å²) in [5.41, 5.74) is 5.89. The first-order valence-electron chi connectivity index (χ1n) is 7.47. The van der Waals surface area contributed by atoms with E-state index in [1.54, 1.807) is 5.57 Å². The highest BCUT2D eigenvalue weighted by Crippen LogP contribution is 2.43. The Kier molecular flexibility index (Phi) is 1.90. The van der Waals surface area contributed by atoms with Crippen LogP contribution in [0.1, 0.15) is 30.4 Å². The van der Waals surface area contributed by atoms with Gasteiger partial charge in [0.1, 0.15) is 0 Å².